The topological polar surface area (TPSA) is 64.8 Å². The van der Waals surface area contributed by atoms with Crippen LogP contribution in [-0.2, 0) is 19.1 Å². The average molecular weight is 218 g/mol. The van der Waals surface area contributed by atoms with Crippen LogP contribution in [0.5, 0.6) is 0 Å². The number of esters is 1. The summed E-state index contributed by atoms with van der Waals surface area (Å²) >= 11 is 0. The first-order valence-corrected chi connectivity index (χ1v) is 4.60. The number of hydrogen-bond acceptors (Lipinski definition) is 5. The van der Waals surface area contributed by atoms with Crippen molar-refractivity contribution in [2.24, 2.45) is 0 Å². The second-order valence-corrected chi connectivity index (χ2v) is 2.50. The fraction of sp³-hybridized carbons (Fsp3) is 0.667. The summed E-state index contributed by atoms with van der Waals surface area (Å²) in [5, 5.41) is 0. The van der Waals surface area contributed by atoms with Crippen LogP contribution in [0.4, 0.5) is 0 Å². The molecule has 0 aromatic rings. The van der Waals surface area contributed by atoms with Gasteiger partial charge in [-0.2, -0.15) is 0 Å². The highest BCUT2D eigenvalue weighted by Gasteiger charge is 2.34. The van der Waals surface area contributed by atoms with Gasteiger partial charge in [0.15, 0.2) is 12.9 Å². The van der Waals surface area contributed by atoms with Crippen LogP contribution in [-0.4, -0.2) is 31.2 Å². The summed E-state index contributed by atoms with van der Waals surface area (Å²) in [6.45, 7) is 5.42. The summed E-state index contributed by atoms with van der Waals surface area (Å²) in [5.74, 6) is -0.590. The molecule has 0 fully saturated rings. The molecule has 0 heterocycles. The Kier molecular flexibility index (Phi) is 6.08. The van der Waals surface area contributed by atoms with Crippen LogP contribution in [0.2, 0.25) is 0 Å². The van der Waals surface area contributed by atoms with E-state index < -0.39 is 5.97 Å². The van der Waals surface area contributed by atoms with Gasteiger partial charge in [-0.1, -0.05) is 0 Å². The largest absolute Gasteiger partial charge is 0.491 e. The number of allylic oxidation sites excluding steroid dienone is 1. The lowest BCUT2D eigenvalue weighted by Gasteiger charge is -2.03. The molecule has 15 heavy (non-hydrogen) atoms. The Morgan fingerprint density at radius 1 is 1.20 bits per heavy atom. The van der Waals surface area contributed by atoms with Gasteiger partial charge in [-0.05, 0) is 13.8 Å². The van der Waals surface area contributed by atoms with Gasteiger partial charge in [0.25, 0.3) is 4.92 Å². The second kappa shape index (κ2) is 6.80. The van der Waals surface area contributed by atoms with Crippen LogP contribution < -0.4 is 0 Å². The van der Waals surface area contributed by atoms with Gasteiger partial charge in [0.2, 0.25) is 0 Å². The average Bonchev–Trinajstić information content (AvgIpc) is 2.18. The van der Waals surface area contributed by atoms with Crippen molar-refractivity contribution in [3.63, 3.8) is 0 Å². The number of nitrogens with zero attached hydrogens (tertiary/aromatic N) is 1. The Hall–Kier alpha value is -1.59. The molecule has 0 unspecified atom stereocenters. The first kappa shape index (κ1) is 13.4. The summed E-state index contributed by atoms with van der Waals surface area (Å²) in [6, 6.07) is 0. The van der Waals surface area contributed by atoms with Gasteiger partial charge in [0.05, 0.1) is 18.1 Å². The zero-order chi connectivity index (χ0) is 11.8. The molecule has 0 saturated heterocycles. The van der Waals surface area contributed by atoms with E-state index in [1.54, 1.807) is 13.8 Å². The number of carbonyl (C=O) groups excluding carboxylic acids is 1. The molecule has 0 aliphatic rings. The summed E-state index contributed by atoms with van der Waals surface area (Å²) in [5.41, 5.74) is -0.277. The molecule has 86 valence electrons. The molecule has 0 rings (SSSR count). The van der Waals surface area contributed by atoms with Crippen molar-refractivity contribution in [1.29, 1.82) is 0 Å². The quantitative estimate of drug-likeness (QED) is 0.289. The van der Waals surface area contributed by atoms with E-state index in [-0.39, 0.29) is 23.0 Å². The van der Waals surface area contributed by atoms with Crippen molar-refractivity contribution >= 4 is 5.97 Å². The normalized spacial score (nSPS) is 11.5. The van der Waals surface area contributed by atoms with E-state index in [1.165, 1.54) is 6.92 Å². The zero-order valence-corrected chi connectivity index (χ0v) is 9.40. The lowest BCUT2D eigenvalue weighted by atomic mass is 10.4. The van der Waals surface area contributed by atoms with Crippen LogP contribution >= 0.6 is 0 Å². The molecule has 0 aliphatic heterocycles. The molecule has 6 nitrogen and oxygen atoms in total. The number of ether oxygens (including phenoxy) is 2. The molecule has 0 aromatic heterocycles. The van der Waals surface area contributed by atoms with Gasteiger partial charge < -0.3 is 9.47 Å². The fourth-order valence-electron chi connectivity index (χ4n) is 0.922. The maximum atomic E-state index is 11.4. The molecule has 0 aliphatic carbocycles. The Labute approximate surface area is 88.3 Å². The number of rotatable bonds is 6. The minimum Gasteiger partial charge on any atom is -0.491 e. The van der Waals surface area contributed by atoms with E-state index in [0.29, 0.717) is 6.61 Å². The molecule has 0 saturated carbocycles. The van der Waals surface area contributed by atoms with Crippen molar-refractivity contribution in [1.82, 2.24) is 0 Å². The predicted octanol–water partition coefficient (Wildman–Crippen LogP) is 1.16. The molecular formula is C9H16NO5+. The smallest absolute Gasteiger partial charge is 0.437 e. The van der Waals surface area contributed by atoms with E-state index in [9.17, 15) is 9.70 Å². The van der Waals surface area contributed by atoms with Crippen LogP contribution in [0.25, 0.3) is 0 Å². The third-order valence-corrected chi connectivity index (χ3v) is 1.51. The van der Waals surface area contributed by atoms with Crippen molar-refractivity contribution in [3.8, 4) is 0 Å². The SMILES string of the molecule is CCOC(=O)/C(=C(\C)OCC)[N+](=O)OC. The van der Waals surface area contributed by atoms with Gasteiger partial charge in [0, 0.05) is 6.92 Å². The highest BCUT2D eigenvalue weighted by Crippen LogP contribution is 2.09. The van der Waals surface area contributed by atoms with Crippen LogP contribution in [0, 0.1) is 4.91 Å². The molecular weight excluding hydrogens is 202 g/mol. The Bertz CT molecular complexity index is 272. The Morgan fingerprint density at radius 3 is 2.13 bits per heavy atom. The fourth-order valence-corrected chi connectivity index (χ4v) is 0.922. The minimum absolute atomic E-state index is 0.0724. The van der Waals surface area contributed by atoms with Crippen LogP contribution in [0.15, 0.2) is 11.5 Å². The molecule has 0 aromatic carbocycles. The predicted molar refractivity (Wildman–Crippen MR) is 51.6 cm³/mol. The Balaban J connectivity index is 4.95. The standard InChI is InChI=1S/C9H16NO5/c1-5-14-7(3)8(10(12)13-4)9(11)15-6-2/h5-6H2,1-4H3/q+1/b8-7-. The number of hydrogen-bond donors (Lipinski definition) is 0. The summed E-state index contributed by atoms with van der Waals surface area (Å²) in [4.78, 5) is 27.0. The molecule has 0 atom stereocenters. The maximum absolute atomic E-state index is 11.4. The third kappa shape index (κ3) is 3.97. The first-order valence-electron chi connectivity index (χ1n) is 4.60. The number of carbonyl (C=O) groups is 1. The van der Waals surface area contributed by atoms with Gasteiger partial charge in [-0.15, -0.1) is 0 Å². The van der Waals surface area contributed by atoms with Crippen LogP contribution in [0.1, 0.15) is 20.8 Å². The second-order valence-electron chi connectivity index (χ2n) is 2.50. The Morgan fingerprint density at radius 2 is 1.73 bits per heavy atom. The van der Waals surface area contributed by atoms with Gasteiger partial charge >= 0.3 is 11.7 Å². The molecule has 0 amide bonds. The van der Waals surface area contributed by atoms with E-state index in [2.05, 4.69) is 4.84 Å². The lowest BCUT2D eigenvalue weighted by Crippen LogP contribution is -2.20. The van der Waals surface area contributed by atoms with Gasteiger partial charge in [-0.3, -0.25) is 0 Å². The van der Waals surface area contributed by atoms with Crippen molar-refractivity contribution in [2.75, 3.05) is 20.3 Å². The van der Waals surface area contributed by atoms with Gasteiger partial charge in [0.1, 0.15) is 0 Å². The summed E-state index contributed by atoms with van der Waals surface area (Å²) in [6.07, 6.45) is 0. The minimum atomic E-state index is -0.764. The lowest BCUT2D eigenvalue weighted by molar-refractivity contribution is -0.758. The van der Waals surface area contributed by atoms with Crippen molar-refractivity contribution in [3.05, 3.63) is 16.4 Å². The van der Waals surface area contributed by atoms with E-state index >= 15 is 0 Å². The summed E-state index contributed by atoms with van der Waals surface area (Å²) in [7, 11) is 1.16. The van der Waals surface area contributed by atoms with E-state index in [0.717, 1.165) is 7.11 Å². The molecule has 0 N–H and O–H groups in total. The zero-order valence-electron chi connectivity index (χ0n) is 9.40. The van der Waals surface area contributed by atoms with Crippen molar-refractivity contribution < 1.29 is 24.0 Å². The highest BCUT2D eigenvalue weighted by molar-refractivity contribution is 5.86. The van der Waals surface area contributed by atoms with E-state index in [1.807, 2.05) is 0 Å². The third-order valence-electron chi connectivity index (χ3n) is 1.51. The summed E-state index contributed by atoms with van der Waals surface area (Å²) < 4.78 is 9.75. The van der Waals surface area contributed by atoms with Crippen molar-refractivity contribution in [2.45, 2.75) is 20.8 Å². The first-order chi connectivity index (χ1) is 7.08. The van der Waals surface area contributed by atoms with Crippen LogP contribution in [0.3, 0.4) is 0 Å². The highest BCUT2D eigenvalue weighted by atomic mass is 16.8. The molecule has 0 spiro atoms. The maximum Gasteiger partial charge on any atom is 0.437 e. The molecule has 6 heteroatoms. The molecule has 0 bridgehead atoms. The monoisotopic (exact) mass is 218 g/mol. The van der Waals surface area contributed by atoms with Gasteiger partial charge in [-0.25, -0.2) is 9.63 Å². The van der Waals surface area contributed by atoms with E-state index in [4.69, 9.17) is 9.47 Å². The molecule has 0 radical (unpaired) electrons.